The lowest BCUT2D eigenvalue weighted by atomic mass is 10.2. The summed E-state index contributed by atoms with van der Waals surface area (Å²) in [5.74, 6) is 1.52. The number of carbonyl (C=O) groups is 1. The molecule has 1 aliphatic heterocycles. The normalized spacial score (nSPS) is 14.1. The van der Waals surface area contributed by atoms with E-state index in [9.17, 15) is 4.79 Å². The maximum Gasteiger partial charge on any atom is 0.410 e. The van der Waals surface area contributed by atoms with E-state index in [1.54, 1.807) is 11.0 Å². The molecular formula is C19H24ClN5O4. The monoisotopic (exact) mass is 421 g/mol. The maximum atomic E-state index is 12.1. The molecule has 10 heteroatoms. The SMILES string of the molecule is C=C(C)COC(=O)N1CCN(c2nc(N)c3cc(Cl)c(OC)c(OC)c3n2)CC1. The first-order valence-corrected chi connectivity index (χ1v) is 9.42. The fraction of sp³-hybridized carbons (Fsp3) is 0.421. The number of methoxy groups -OCH3 is 2. The molecule has 1 fully saturated rings. The number of carbonyl (C=O) groups excluding carboxylic acids is 1. The van der Waals surface area contributed by atoms with Crippen LogP contribution in [0.2, 0.25) is 5.02 Å². The highest BCUT2D eigenvalue weighted by Crippen LogP contribution is 2.42. The summed E-state index contributed by atoms with van der Waals surface area (Å²) in [5, 5.41) is 0.945. The summed E-state index contributed by atoms with van der Waals surface area (Å²) in [6.07, 6.45) is -0.354. The van der Waals surface area contributed by atoms with Gasteiger partial charge in [-0.1, -0.05) is 18.2 Å². The number of nitrogen functional groups attached to an aromatic ring is 1. The first kappa shape index (κ1) is 20.8. The van der Waals surface area contributed by atoms with Crippen LogP contribution in [0.3, 0.4) is 0 Å². The number of hydrogen-bond acceptors (Lipinski definition) is 8. The lowest BCUT2D eigenvalue weighted by molar-refractivity contribution is 0.108. The van der Waals surface area contributed by atoms with Crippen LogP contribution >= 0.6 is 11.6 Å². The van der Waals surface area contributed by atoms with Gasteiger partial charge in [0.2, 0.25) is 5.95 Å². The summed E-state index contributed by atoms with van der Waals surface area (Å²) < 4.78 is 16.0. The lowest BCUT2D eigenvalue weighted by Crippen LogP contribution is -2.49. The Kier molecular flexibility index (Phi) is 6.17. The van der Waals surface area contributed by atoms with Crippen molar-refractivity contribution in [2.24, 2.45) is 0 Å². The largest absolute Gasteiger partial charge is 0.491 e. The minimum absolute atomic E-state index is 0.216. The Morgan fingerprint density at radius 3 is 2.45 bits per heavy atom. The molecule has 2 aromatic rings. The second kappa shape index (κ2) is 8.60. The minimum atomic E-state index is -0.354. The highest BCUT2D eigenvalue weighted by molar-refractivity contribution is 6.33. The molecule has 29 heavy (non-hydrogen) atoms. The molecular weight excluding hydrogens is 398 g/mol. The average molecular weight is 422 g/mol. The molecule has 2 heterocycles. The number of rotatable bonds is 5. The van der Waals surface area contributed by atoms with E-state index in [2.05, 4.69) is 16.5 Å². The van der Waals surface area contributed by atoms with Crippen molar-refractivity contribution in [3.05, 3.63) is 23.2 Å². The Morgan fingerprint density at radius 2 is 1.86 bits per heavy atom. The van der Waals surface area contributed by atoms with Gasteiger partial charge >= 0.3 is 6.09 Å². The van der Waals surface area contributed by atoms with Gasteiger partial charge < -0.3 is 29.7 Å². The number of nitrogens with zero attached hydrogens (tertiary/aromatic N) is 4. The number of ether oxygens (including phenoxy) is 3. The van der Waals surface area contributed by atoms with Gasteiger partial charge in [-0.3, -0.25) is 0 Å². The second-order valence-corrected chi connectivity index (χ2v) is 7.12. The zero-order chi connectivity index (χ0) is 21.1. The number of benzene rings is 1. The molecule has 9 nitrogen and oxygen atoms in total. The molecule has 0 unspecified atom stereocenters. The van der Waals surface area contributed by atoms with Gasteiger partial charge in [-0.15, -0.1) is 0 Å². The molecule has 1 saturated heterocycles. The first-order chi connectivity index (χ1) is 13.8. The van der Waals surface area contributed by atoms with Crippen molar-refractivity contribution in [3.8, 4) is 11.5 Å². The van der Waals surface area contributed by atoms with E-state index >= 15 is 0 Å². The third-order valence-electron chi connectivity index (χ3n) is 4.54. The van der Waals surface area contributed by atoms with Crippen LogP contribution in [-0.2, 0) is 4.74 Å². The van der Waals surface area contributed by atoms with E-state index in [0.29, 0.717) is 59.6 Å². The maximum absolute atomic E-state index is 12.1. The third kappa shape index (κ3) is 4.24. The van der Waals surface area contributed by atoms with Gasteiger partial charge in [0, 0.05) is 31.6 Å². The van der Waals surface area contributed by atoms with Crippen molar-refractivity contribution in [3.63, 3.8) is 0 Å². The number of hydrogen-bond donors (Lipinski definition) is 1. The van der Waals surface area contributed by atoms with Gasteiger partial charge in [0.05, 0.1) is 19.2 Å². The van der Waals surface area contributed by atoms with Crippen molar-refractivity contribution < 1.29 is 19.0 Å². The van der Waals surface area contributed by atoms with Crippen molar-refractivity contribution in [1.82, 2.24) is 14.9 Å². The Bertz CT molecular complexity index is 944. The van der Waals surface area contributed by atoms with Crippen molar-refractivity contribution in [1.29, 1.82) is 0 Å². The Balaban J connectivity index is 1.83. The summed E-state index contributed by atoms with van der Waals surface area (Å²) in [7, 11) is 3.02. The van der Waals surface area contributed by atoms with Crippen molar-refractivity contribution in [2.75, 3.05) is 57.6 Å². The zero-order valence-electron chi connectivity index (χ0n) is 16.7. The molecule has 0 spiro atoms. The van der Waals surface area contributed by atoms with Gasteiger partial charge in [-0.05, 0) is 18.6 Å². The number of halogens is 1. The van der Waals surface area contributed by atoms with Crippen molar-refractivity contribution >= 4 is 40.4 Å². The van der Waals surface area contributed by atoms with E-state index in [1.807, 2.05) is 11.8 Å². The molecule has 0 atom stereocenters. The number of amides is 1. The molecule has 1 aromatic heterocycles. The summed E-state index contributed by atoms with van der Waals surface area (Å²) in [5.41, 5.74) is 7.47. The molecule has 0 saturated carbocycles. The summed E-state index contributed by atoms with van der Waals surface area (Å²) in [6.45, 7) is 7.80. The van der Waals surface area contributed by atoms with E-state index < -0.39 is 0 Å². The molecule has 1 aromatic carbocycles. The number of fused-ring (bicyclic) bond motifs is 1. The number of anilines is 2. The van der Waals surface area contributed by atoms with Crippen LogP contribution in [0.4, 0.5) is 16.6 Å². The number of aromatic nitrogens is 2. The first-order valence-electron chi connectivity index (χ1n) is 9.04. The number of nitrogens with two attached hydrogens (primary N) is 1. The predicted octanol–water partition coefficient (Wildman–Crippen LogP) is 2.72. The molecule has 156 valence electrons. The molecule has 0 aliphatic carbocycles. The summed E-state index contributed by atoms with van der Waals surface area (Å²) in [4.78, 5) is 24.8. The Morgan fingerprint density at radius 1 is 1.21 bits per heavy atom. The second-order valence-electron chi connectivity index (χ2n) is 6.72. The topological polar surface area (TPSA) is 103 Å². The smallest absolute Gasteiger partial charge is 0.410 e. The molecule has 0 bridgehead atoms. The molecule has 3 rings (SSSR count). The minimum Gasteiger partial charge on any atom is -0.491 e. The van der Waals surface area contributed by atoms with E-state index in [-0.39, 0.29) is 18.5 Å². The highest BCUT2D eigenvalue weighted by Gasteiger charge is 2.25. The lowest BCUT2D eigenvalue weighted by Gasteiger charge is -2.34. The van der Waals surface area contributed by atoms with Crippen LogP contribution in [0.1, 0.15) is 6.92 Å². The Labute approximate surface area is 174 Å². The number of piperazine rings is 1. The van der Waals surface area contributed by atoms with E-state index in [4.69, 9.17) is 31.5 Å². The molecule has 2 N–H and O–H groups in total. The Hall–Kier alpha value is -2.94. The van der Waals surface area contributed by atoms with Gasteiger partial charge in [0.25, 0.3) is 0 Å². The van der Waals surface area contributed by atoms with Crippen LogP contribution in [0.15, 0.2) is 18.2 Å². The van der Waals surface area contributed by atoms with Crippen LogP contribution < -0.4 is 20.1 Å². The van der Waals surface area contributed by atoms with Gasteiger partial charge in [-0.25, -0.2) is 9.78 Å². The fourth-order valence-electron chi connectivity index (χ4n) is 3.08. The molecule has 0 radical (unpaired) electrons. The van der Waals surface area contributed by atoms with Crippen LogP contribution in [0.5, 0.6) is 11.5 Å². The predicted molar refractivity (Wildman–Crippen MR) is 112 cm³/mol. The standard InChI is InChI=1S/C19H24ClN5O4/c1-11(2)10-29-19(26)25-7-5-24(6-8-25)18-22-14-12(17(21)23-18)9-13(20)15(27-3)16(14)28-4/h9H,1,5-8,10H2,2-4H3,(H2,21,22,23). The van der Waals surface area contributed by atoms with E-state index in [1.165, 1.54) is 14.2 Å². The van der Waals surface area contributed by atoms with Gasteiger partial charge in [-0.2, -0.15) is 4.98 Å². The summed E-state index contributed by atoms with van der Waals surface area (Å²) in [6, 6.07) is 1.66. The molecule has 1 aliphatic rings. The van der Waals surface area contributed by atoms with Crippen LogP contribution in [-0.4, -0.2) is 68.0 Å². The van der Waals surface area contributed by atoms with Gasteiger partial charge in [0.15, 0.2) is 11.5 Å². The van der Waals surface area contributed by atoms with Crippen LogP contribution in [0.25, 0.3) is 10.9 Å². The van der Waals surface area contributed by atoms with Crippen molar-refractivity contribution in [2.45, 2.75) is 6.92 Å². The zero-order valence-corrected chi connectivity index (χ0v) is 17.5. The highest BCUT2D eigenvalue weighted by atomic mass is 35.5. The van der Waals surface area contributed by atoms with E-state index in [0.717, 1.165) is 5.57 Å². The van der Waals surface area contributed by atoms with Crippen LogP contribution in [0, 0.1) is 0 Å². The van der Waals surface area contributed by atoms with Gasteiger partial charge in [0.1, 0.15) is 17.9 Å². The molecule has 1 amide bonds. The fourth-order valence-corrected chi connectivity index (χ4v) is 3.36. The quantitative estimate of drug-likeness (QED) is 0.735. The average Bonchev–Trinajstić information content (AvgIpc) is 2.71. The third-order valence-corrected chi connectivity index (χ3v) is 4.82. The summed E-state index contributed by atoms with van der Waals surface area (Å²) >= 11 is 6.26.